The largest absolute Gasteiger partial charge is 0.503 e. The van der Waals surface area contributed by atoms with E-state index in [9.17, 15) is 9.90 Å². The number of benzene rings is 2. The Bertz CT molecular complexity index is 1230. The number of nitrogens with one attached hydrogen (secondary N) is 2. The summed E-state index contributed by atoms with van der Waals surface area (Å²) in [5.74, 6) is 0.599. The van der Waals surface area contributed by atoms with Crippen molar-refractivity contribution in [2.45, 2.75) is 33.7 Å². The lowest BCUT2D eigenvalue weighted by molar-refractivity contribution is -0.113. The van der Waals surface area contributed by atoms with Crippen LogP contribution in [0, 0.1) is 13.8 Å². The number of anilines is 2. The van der Waals surface area contributed by atoms with Crippen molar-refractivity contribution in [3.05, 3.63) is 69.1 Å². The molecule has 1 aliphatic rings. The summed E-state index contributed by atoms with van der Waals surface area (Å²) in [4.78, 5) is 17.8. The van der Waals surface area contributed by atoms with E-state index >= 15 is 0 Å². The van der Waals surface area contributed by atoms with Gasteiger partial charge < -0.3 is 20.5 Å². The standard InChI is InChI=1S/C23H24BrN5O3/c1-5-32-18-10-15(9-16(24)21(18)30)20-19(14(4)27-23-25-11-26-29(20)23)22(31)28-17-7-6-12(2)8-13(17)3/h6-11,20,30H,5H2,1-4H3,(H,28,31)(H,25,26,27)/t20-/m1/s1. The highest BCUT2D eigenvalue weighted by molar-refractivity contribution is 9.10. The van der Waals surface area contributed by atoms with Gasteiger partial charge in [0, 0.05) is 11.4 Å². The van der Waals surface area contributed by atoms with Crippen molar-refractivity contribution in [3.8, 4) is 11.5 Å². The fourth-order valence-corrected chi connectivity index (χ4v) is 4.31. The van der Waals surface area contributed by atoms with Gasteiger partial charge in [0.15, 0.2) is 11.5 Å². The summed E-state index contributed by atoms with van der Waals surface area (Å²) >= 11 is 3.40. The number of rotatable bonds is 5. The van der Waals surface area contributed by atoms with Crippen LogP contribution in [0.3, 0.4) is 0 Å². The van der Waals surface area contributed by atoms with Gasteiger partial charge in [-0.15, -0.1) is 0 Å². The minimum atomic E-state index is -0.574. The molecule has 3 aromatic rings. The fraction of sp³-hybridized carbons (Fsp3) is 0.261. The molecule has 1 aromatic heterocycles. The summed E-state index contributed by atoms with van der Waals surface area (Å²) in [6.45, 7) is 8.03. The average molecular weight is 498 g/mol. The van der Waals surface area contributed by atoms with Crippen molar-refractivity contribution in [2.24, 2.45) is 0 Å². The van der Waals surface area contributed by atoms with Gasteiger partial charge in [-0.2, -0.15) is 10.1 Å². The predicted octanol–water partition coefficient (Wildman–Crippen LogP) is 4.69. The van der Waals surface area contributed by atoms with Crippen molar-refractivity contribution in [1.82, 2.24) is 14.8 Å². The Kier molecular flexibility index (Phi) is 5.92. The van der Waals surface area contributed by atoms with E-state index in [1.807, 2.05) is 45.9 Å². The average Bonchev–Trinajstić information content (AvgIpc) is 3.20. The van der Waals surface area contributed by atoms with Crippen LogP contribution in [-0.2, 0) is 4.79 Å². The zero-order valence-electron chi connectivity index (χ0n) is 18.2. The Morgan fingerprint density at radius 2 is 2.06 bits per heavy atom. The number of ether oxygens (including phenoxy) is 1. The van der Waals surface area contributed by atoms with Crippen LogP contribution in [0.25, 0.3) is 0 Å². The lowest BCUT2D eigenvalue weighted by atomic mass is 9.94. The molecule has 9 heteroatoms. The number of aryl methyl sites for hydroxylation is 2. The first kappa shape index (κ1) is 21.9. The molecule has 0 radical (unpaired) electrons. The molecule has 0 fully saturated rings. The first-order valence-corrected chi connectivity index (χ1v) is 11.0. The van der Waals surface area contributed by atoms with Crippen LogP contribution in [0.1, 0.15) is 36.6 Å². The van der Waals surface area contributed by atoms with Crippen molar-refractivity contribution in [1.29, 1.82) is 0 Å². The van der Waals surface area contributed by atoms with Crippen molar-refractivity contribution < 1.29 is 14.6 Å². The first-order valence-electron chi connectivity index (χ1n) is 10.2. The number of carbonyl (C=O) groups is 1. The van der Waals surface area contributed by atoms with E-state index in [1.165, 1.54) is 6.33 Å². The molecular formula is C23H24BrN5O3. The minimum absolute atomic E-state index is 0.00494. The number of allylic oxidation sites excluding steroid dienone is 1. The van der Waals surface area contributed by atoms with E-state index in [1.54, 1.807) is 16.8 Å². The summed E-state index contributed by atoms with van der Waals surface area (Å²) in [5.41, 5.74) is 4.72. The van der Waals surface area contributed by atoms with Crippen molar-refractivity contribution in [2.75, 3.05) is 17.2 Å². The number of fused-ring (bicyclic) bond motifs is 1. The summed E-state index contributed by atoms with van der Waals surface area (Å²) in [7, 11) is 0. The number of aromatic nitrogens is 3. The molecule has 0 unspecified atom stereocenters. The van der Waals surface area contributed by atoms with Crippen molar-refractivity contribution in [3.63, 3.8) is 0 Å². The second kappa shape index (κ2) is 8.66. The molecule has 0 aliphatic carbocycles. The second-order valence-corrected chi connectivity index (χ2v) is 8.50. The van der Waals surface area contributed by atoms with Crippen LogP contribution in [-0.4, -0.2) is 32.4 Å². The maximum Gasteiger partial charge on any atom is 0.255 e. The molecule has 0 saturated carbocycles. The molecule has 3 N–H and O–H groups in total. The number of hydrogen-bond acceptors (Lipinski definition) is 6. The van der Waals surface area contributed by atoms with Gasteiger partial charge in [-0.05, 0) is 73.0 Å². The van der Waals surface area contributed by atoms with E-state index in [0.717, 1.165) is 22.4 Å². The zero-order chi connectivity index (χ0) is 23.0. The normalized spacial score (nSPS) is 15.2. The Morgan fingerprint density at radius 3 is 2.78 bits per heavy atom. The molecule has 32 heavy (non-hydrogen) atoms. The van der Waals surface area contributed by atoms with Gasteiger partial charge in [-0.25, -0.2) is 4.68 Å². The lowest BCUT2D eigenvalue weighted by Gasteiger charge is -2.29. The smallest absolute Gasteiger partial charge is 0.255 e. The maximum atomic E-state index is 13.5. The monoisotopic (exact) mass is 497 g/mol. The van der Waals surface area contributed by atoms with Crippen LogP contribution in [0.5, 0.6) is 11.5 Å². The maximum absolute atomic E-state index is 13.5. The quantitative estimate of drug-likeness (QED) is 0.472. The molecule has 1 aliphatic heterocycles. The second-order valence-electron chi connectivity index (χ2n) is 7.65. The molecule has 2 aromatic carbocycles. The van der Waals surface area contributed by atoms with Crippen LogP contribution in [0.15, 0.2) is 52.4 Å². The van der Waals surface area contributed by atoms with E-state index in [4.69, 9.17) is 4.74 Å². The molecular weight excluding hydrogens is 474 g/mol. The van der Waals surface area contributed by atoms with E-state index < -0.39 is 6.04 Å². The number of phenolic OH excluding ortho intramolecular Hbond substituents is 1. The highest BCUT2D eigenvalue weighted by atomic mass is 79.9. The molecule has 4 rings (SSSR count). The van der Waals surface area contributed by atoms with E-state index in [2.05, 4.69) is 36.6 Å². The van der Waals surface area contributed by atoms with Gasteiger partial charge in [0.25, 0.3) is 5.91 Å². The van der Waals surface area contributed by atoms with Crippen LogP contribution < -0.4 is 15.4 Å². The third-order valence-electron chi connectivity index (χ3n) is 5.34. The minimum Gasteiger partial charge on any atom is -0.503 e. The van der Waals surface area contributed by atoms with E-state index in [-0.39, 0.29) is 11.7 Å². The topological polar surface area (TPSA) is 101 Å². The SMILES string of the molecule is CCOc1cc([C@@H]2C(C(=O)Nc3ccc(C)cc3C)=C(C)Nc3ncnn32)cc(Br)c1O. The molecule has 2 heterocycles. The Hall–Kier alpha value is -3.33. The number of hydrogen-bond donors (Lipinski definition) is 3. The Morgan fingerprint density at radius 1 is 1.28 bits per heavy atom. The third-order valence-corrected chi connectivity index (χ3v) is 5.94. The summed E-state index contributed by atoms with van der Waals surface area (Å²) < 4.78 is 7.72. The summed E-state index contributed by atoms with van der Waals surface area (Å²) in [6.07, 6.45) is 1.44. The van der Waals surface area contributed by atoms with Crippen LogP contribution >= 0.6 is 15.9 Å². The van der Waals surface area contributed by atoms with Gasteiger partial charge in [-0.3, -0.25) is 4.79 Å². The summed E-state index contributed by atoms with van der Waals surface area (Å²) in [6, 6.07) is 8.79. The number of nitrogens with zero attached hydrogens (tertiary/aromatic N) is 3. The van der Waals surface area contributed by atoms with Gasteiger partial charge >= 0.3 is 0 Å². The van der Waals surface area contributed by atoms with Gasteiger partial charge in [0.2, 0.25) is 5.95 Å². The van der Waals surface area contributed by atoms with Crippen molar-refractivity contribution >= 4 is 33.5 Å². The number of amides is 1. The van der Waals surface area contributed by atoms with E-state index in [0.29, 0.717) is 34.0 Å². The molecule has 166 valence electrons. The van der Waals surface area contributed by atoms with Gasteiger partial charge in [-0.1, -0.05) is 17.7 Å². The number of aromatic hydroxyl groups is 1. The highest BCUT2D eigenvalue weighted by Crippen LogP contribution is 2.42. The summed E-state index contributed by atoms with van der Waals surface area (Å²) in [5, 5.41) is 20.9. The Labute approximate surface area is 194 Å². The molecule has 1 amide bonds. The number of carbonyl (C=O) groups excluding carboxylic acids is 1. The Balaban J connectivity index is 1.81. The van der Waals surface area contributed by atoms with Gasteiger partial charge in [0.05, 0.1) is 16.7 Å². The first-order chi connectivity index (χ1) is 15.3. The zero-order valence-corrected chi connectivity index (χ0v) is 19.8. The molecule has 0 saturated heterocycles. The molecule has 1 atom stereocenters. The highest BCUT2D eigenvalue weighted by Gasteiger charge is 2.34. The van der Waals surface area contributed by atoms with Crippen LogP contribution in [0.4, 0.5) is 11.6 Å². The lowest BCUT2D eigenvalue weighted by Crippen LogP contribution is -2.31. The predicted molar refractivity (Wildman–Crippen MR) is 126 cm³/mol. The molecule has 0 bridgehead atoms. The number of phenols is 1. The van der Waals surface area contributed by atoms with Gasteiger partial charge in [0.1, 0.15) is 12.4 Å². The molecule has 0 spiro atoms. The fourth-order valence-electron chi connectivity index (χ4n) is 3.85. The molecule has 8 nitrogen and oxygen atoms in total. The third kappa shape index (κ3) is 3.95. The number of halogens is 1. The van der Waals surface area contributed by atoms with Crippen LogP contribution in [0.2, 0.25) is 0 Å².